The second-order valence-corrected chi connectivity index (χ2v) is 6.38. The van der Waals surface area contributed by atoms with Gasteiger partial charge in [-0.2, -0.15) is 0 Å². The molecule has 0 N–H and O–H groups in total. The summed E-state index contributed by atoms with van der Waals surface area (Å²) in [5, 5.41) is 0. The first kappa shape index (κ1) is 15.8. The highest BCUT2D eigenvalue weighted by Gasteiger charge is 2.27. The summed E-state index contributed by atoms with van der Waals surface area (Å²) in [7, 11) is 0. The molecule has 1 fully saturated rings. The van der Waals surface area contributed by atoms with Crippen molar-refractivity contribution in [3.8, 4) is 0 Å². The normalized spacial score (nSPS) is 14.3. The molecule has 0 radical (unpaired) electrons. The van der Waals surface area contributed by atoms with Gasteiger partial charge in [-0.1, -0.05) is 19.1 Å². The van der Waals surface area contributed by atoms with Crippen molar-refractivity contribution >= 4 is 16.9 Å². The molecule has 1 aromatic carbocycles. The molecule has 5 nitrogen and oxygen atoms in total. The predicted octanol–water partition coefficient (Wildman–Crippen LogP) is 2.47. The predicted molar refractivity (Wildman–Crippen MR) is 91.5 cm³/mol. The van der Waals surface area contributed by atoms with Crippen LogP contribution in [0.2, 0.25) is 0 Å². The molecule has 1 saturated carbocycles. The van der Waals surface area contributed by atoms with Gasteiger partial charge in [-0.25, -0.2) is 4.79 Å². The number of nitrogens with zero attached hydrogens (tertiary/aromatic N) is 3. The lowest BCUT2D eigenvalue weighted by Gasteiger charge is -2.22. The number of aromatic nitrogens is 2. The first-order chi connectivity index (χ1) is 11.2. The molecular formula is C18H25N3O2. The monoisotopic (exact) mass is 315 g/mol. The summed E-state index contributed by atoms with van der Waals surface area (Å²) in [5.41, 5.74) is 1.65. The average molecular weight is 315 g/mol. The zero-order valence-electron chi connectivity index (χ0n) is 14.0. The van der Waals surface area contributed by atoms with E-state index in [1.807, 2.05) is 36.1 Å². The number of hydrogen-bond acceptors (Lipinski definition) is 2. The Kier molecular flexibility index (Phi) is 4.55. The number of rotatable bonds is 7. The molecule has 1 aliphatic carbocycles. The van der Waals surface area contributed by atoms with E-state index in [0.717, 1.165) is 30.5 Å². The Morgan fingerprint density at radius 3 is 2.39 bits per heavy atom. The van der Waals surface area contributed by atoms with Gasteiger partial charge in [0.2, 0.25) is 5.91 Å². The molecule has 2 aromatic rings. The lowest BCUT2D eigenvalue weighted by atomic mass is 10.3. The molecule has 1 aromatic heterocycles. The number of amides is 1. The van der Waals surface area contributed by atoms with Crippen molar-refractivity contribution in [2.24, 2.45) is 5.92 Å². The smallest absolute Gasteiger partial charge is 0.329 e. The van der Waals surface area contributed by atoms with Crippen LogP contribution < -0.4 is 5.69 Å². The summed E-state index contributed by atoms with van der Waals surface area (Å²) in [6.45, 7) is 6.41. The maximum atomic E-state index is 12.7. The molecule has 1 heterocycles. The summed E-state index contributed by atoms with van der Waals surface area (Å²) in [6.07, 6.45) is 3.40. The Bertz CT molecular complexity index is 755. The standard InChI is InChI=1S/C18H25N3O2/c1-3-11-19(12-14-9-10-14)17(22)13-21-16-8-6-5-7-15(16)20(4-2)18(21)23/h5-8,14H,3-4,9-13H2,1-2H3. The van der Waals surface area contributed by atoms with Crippen molar-refractivity contribution in [1.29, 1.82) is 0 Å². The van der Waals surface area contributed by atoms with E-state index in [1.165, 1.54) is 12.8 Å². The van der Waals surface area contributed by atoms with Crippen LogP contribution in [-0.4, -0.2) is 33.0 Å². The van der Waals surface area contributed by atoms with Crippen molar-refractivity contribution in [3.05, 3.63) is 34.7 Å². The minimum Gasteiger partial charge on any atom is -0.341 e. The van der Waals surface area contributed by atoms with Gasteiger partial charge in [-0.05, 0) is 44.2 Å². The van der Waals surface area contributed by atoms with Crippen LogP contribution in [-0.2, 0) is 17.9 Å². The quantitative estimate of drug-likeness (QED) is 0.788. The van der Waals surface area contributed by atoms with Gasteiger partial charge in [0.05, 0.1) is 11.0 Å². The van der Waals surface area contributed by atoms with Crippen molar-refractivity contribution < 1.29 is 4.79 Å². The van der Waals surface area contributed by atoms with Crippen LogP contribution in [0.15, 0.2) is 29.1 Å². The Morgan fingerprint density at radius 1 is 1.17 bits per heavy atom. The van der Waals surface area contributed by atoms with Crippen molar-refractivity contribution in [3.63, 3.8) is 0 Å². The number of aryl methyl sites for hydroxylation is 1. The zero-order valence-corrected chi connectivity index (χ0v) is 14.0. The first-order valence-corrected chi connectivity index (χ1v) is 8.61. The third-order valence-corrected chi connectivity index (χ3v) is 4.56. The van der Waals surface area contributed by atoms with E-state index >= 15 is 0 Å². The van der Waals surface area contributed by atoms with E-state index < -0.39 is 0 Å². The fourth-order valence-corrected chi connectivity index (χ4v) is 3.17. The summed E-state index contributed by atoms with van der Waals surface area (Å²) >= 11 is 0. The third-order valence-electron chi connectivity index (χ3n) is 4.56. The Hall–Kier alpha value is -2.04. The zero-order chi connectivity index (χ0) is 16.4. The third kappa shape index (κ3) is 3.19. The number of para-hydroxylation sites is 2. The van der Waals surface area contributed by atoms with Crippen LogP contribution >= 0.6 is 0 Å². The topological polar surface area (TPSA) is 47.2 Å². The molecule has 0 bridgehead atoms. The fourth-order valence-electron chi connectivity index (χ4n) is 3.17. The molecule has 5 heteroatoms. The van der Waals surface area contributed by atoms with E-state index in [4.69, 9.17) is 0 Å². The Balaban J connectivity index is 1.89. The minimum atomic E-state index is -0.0927. The van der Waals surface area contributed by atoms with Gasteiger partial charge in [0, 0.05) is 19.6 Å². The second kappa shape index (κ2) is 6.60. The molecule has 3 rings (SSSR count). The second-order valence-electron chi connectivity index (χ2n) is 6.38. The maximum Gasteiger partial charge on any atom is 0.329 e. The SMILES string of the molecule is CCCN(CC1CC1)C(=O)Cn1c(=O)n(CC)c2ccccc21. The lowest BCUT2D eigenvalue weighted by Crippen LogP contribution is -2.38. The van der Waals surface area contributed by atoms with E-state index in [0.29, 0.717) is 12.5 Å². The highest BCUT2D eigenvalue weighted by Crippen LogP contribution is 2.29. The number of carbonyl (C=O) groups excluding carboxylic acids is 1. The van der Waals surface area contributed by atoms with Crippen LogP contribution in [0.5, 0.6) is 0 Å². The van der Waals surface area contributed by atoms with Gasteiger partial charge >= 0.3 is 5.69 Å². The summed E-state index contributed by atoms with van der Waals surface area (Å²) < 4.78 is 3.35. The molecule has 23 heavy (non-hydrogen) atoms. The van der Waals surface area contributed by atoms with Gasteiger partial charge in [0.15, 0.2) is 0 Å². The number of imidazole rings is 1. The van der Waals surface area contributed by atoms with Gasteiger partial charge in [-0.3, -0.25) is 13.9 Å². The fraction of sp³-hybridized carbons (Fsp3) is 0.556. The Morgan fingerprint density at radius 2 is 1.83 bits per heavy atom. The molecule has 0 unspecified atom stereocenters. The van der Waals surface area contributed by atoms with E-state index in [1.54, 1.807) is 9.13 Å². The largest absolute Gasteiger partial charge is 0.341 e. The summed E-state index contributed by atoms with van der Waals surface area (Å²) in [6, 6.07) is 7.70. The molecule has 0 aliphatic heterocycles. The molecule has 1 amide bonds. The maximum absolute atomic E-state index is 12.7. The number of carbonyl (C=O) groups is 1. The molecule has 0 atom stereocenters. The van der Waals surface area contributed by atoms with E-state index in [-0.39, 0.29) is 18.1 Å². The Labute approximate surface area is 136 Å². The van der Waals surface area contributed by atoms with Crippen LogP contribution in [0, 0.1) is 5.92 Å². The molecular weight excluding hydrogens is 290 g/mol. The summed E-state index contributed by atoms with van der Waals surface area (Å²) in [4.78, 5) is 27.3. The van der Waals surface area contributed by atoms with Crippen LogP contribution in [0.4, 0.5) is 0 Å². The number of fused-ring (bicyclic) bond motifs is 1. The average Bonchev–Trinajstić information content (AvgIpc) is 3.33. The van der Waals surface area contributed by atoms with Gasteiger partial charge < -0.3 is 4.90 Å². The molecule has 124 valence electrons. The molecule has 1 aliphatic rings. The number of hydrogen-bond donors (Lipinski definition) is 0. The van der Waals surface area contributed by atoms with Crippen LogP contribution in [0.25, 0.3) is 11.0 Å². The minimum absolute atomic E-state index is 0.0554. The summed E-state index contributed by atoms with van der Waals surface area (Å²) in [5.74, 6) is 0.721. The molecule has 0 saturated heterocycles. The van der Waals surface area contributed by atoms with Crippen molar-refractivity contribution in [2.75, 3.05) is 13.1 Å². The van der Waals surface area contributed by atoms with E-state index in [2.05, 4.69) is 6.92 Å². The highest BCUT2D eigenvalue weighted by atomic mass is 16.2. The van der Waals surface area contributed by atoms with Crippen LogP contribution in [0.1, 0.15) is 33.1 Å². The van der Waals surface area contributed by atoms with Crippen molar-refractivity contribution in [2.45, 2.75) is 46.2 Å². The van der Waals surface area contributed by atoms with Crippen LogP contribution in [0.3, 0.4) is 0 Å². The number of benzene rings is 1. The van der Waals surface area contributed by atoms with Gasteiger partial charge in [0.25, 0.3) is 0 Å². The van der Waals surface area contributed by atoms with Gasteiger partial charge in [-0.15, -0.1) is 0 Å². The molecule has 0 spiro atoms. The van der Waals surface area contributed by atoms with E-state index in [9.17, 15) is 9.59 Å². The lowest BCUT2D eigenvalue weighted by molar-refractivity contribution is -0.132. The van der Waals surface area contributed by atoms with Gasteiger partial charge in [0.1, 0.15) is 6.54 Å². The highest BCUT2D eigenvalue weighted by molar-refractivity contribution is 5.81. The van der Waals surface area contributed by atoms with Crippen molar-refractivity contribution in [1.82, 2.24) is 14.0 Å². The first-order valence-electron chi connectivity index (χ1n) is 8.61.